The first kappa shape index (κ1) is 12.8. The molecule has 1 amide bonds. The molecule has 92 valence electrons. The number of anilines is 2. The number of rotatable bonds is 5. The Bertz CT molecular complexity index is 432. The van der Waals surface area contributed by atoms with Crippen LogP contribution in [0.2, 0.25) is 0 Å². The average molecular weight is 237 g/mol. The highest BCUT2D eigenvalue weighted by Crippen LogP contribution is 2.23. The smallest absolute Gasteiger partial charge is 0.340 e. The molecule has 0 aliphatic carbocycles. The van der Waals surface area contributed by atoms with Gasteiger partial charge in [0.2, 0.25) is 5.91 Å². The maximum atomic E-state index is 11.5. The molecule has 0 radical (unpaired) electrons. The normalized spacial score (nSPS) is 9.71. The fourth-order valence-electron chi connectivity index (χ4n) is 1.29. The summed E-state index contributed by atoms with van der Waals surface area (Å²) >= 11 is 0. The van der Waals surface area contributed by atoms with E-state index in [9.17, 15) is 9.59 Å². The van der Waals surface area contributed by atoms with Crippen molar-refractivity contribution in [3.05, 3.63) is 23.8 Å². The number of para-hydroxylation sites is 1. The van der Waals surface area contributed by atoms with Crippen LogP contribution in [0.4, 0.5) is 11.4 Å². The summed E-state index contributed by atoms with van der Waals surface area (Å²) in [6, 6.07) is 4.86. The third-order valence-corrected chi connectivity index (χ3v) is 2.05. The first-order chi connectivity index (χ1) is 8.06. The van der Waals surface area contributed by atoms with E-state index >= 15 is 0 Å². The van der Waals surface area contributed by atoms with Gasteiger partial charge in [0, 0.05) is 0 Å². The largest absolute Gasteiger partial charge is 0.462 e. The molecule has 0 fully saturated rings. The SMILES string of the molecule is CCOC(=O)c1cccc(NCC(N)=O)c1N. The molecule has 17 heavy (non-hydrogen) atoms. The summed E-state index contributed by atoms with van der Waals surface area (Å²) in [4.78, 5) is 22.2. The molecule has 0 saturated heterocycles. The second-order valence-corrected chi connectivity index (χ2v) is 3.31. The van der Waals surface area contributed by atoms with E-state index in [0.29, 0.717) is 5.69 Å². The molecule has 0 aliphatic heterocycles. The van der Waals surface area contributed by atoms with Gasteiger partial charge < -0.3 is 21.5 Å². The Morgan fingerprint density at radius 3 is 2.71 bits per heavy atom. The maximum absolute atomic E-state index is 11.5. The molecule has 0 saturated carbocycles. The van der Waals surface area contributed by atoms with E-state index in [2.05, 4.69) is 5.32 Å². The lowest BCUT2D eigenvalue weighted by Crippen LogP contribution is -2.22. The minimum Gasteiger partial charge on any atom is -0.462 e. The highest BCUT2D eigenvalue weighted by atomic mass is 16.5. The average Bonchev–Trinajstić information content (AvgIpc) is 2.27. The van der Waals surface area contributed by atoms with Crippen LogP contribution in [0.25, 0.3) is 0 Å². The molecule has 5 N–H and O–H groups in total. The molecule has 6 heteroatoms. The molecule has 1 rings (SSSR count). The van der Waals surface area contributed by atoms with Gasteiger partial charge in [0.25, 0.3) is 0 Å². The number of primary amides is 1. The summed E-state index contributed by atoms with van der Waals surface area (Å²) < 4.78 is 4.85. The molecule has 1 aromatic carbocycles. The van der Waals surface area contributed by atoms with Gasteiger partial charge in [-0.1, -0.05) is 6.07 Å². The lowest BCUT2D eigenvalue weighted by Gasteiger charge is -2.11. The van der Waals surface area contributed by atoms with Crippen molar-refractivity contribution in [2.75, 3.05) is 24.2 Å². The van der Waals surface area contributed by atoms with Crippen LogP contribution < -0.4 is 16.8 Å². The third-order valence-electron chi connectivity index (χ3n) is 2.05. The number of hydrogen-bond donors (Lipinski definition) is 3. The van der Waals surface area contributed by atoms with Crippen LogP contribution in [0.5, 0.6) is 0 Å². The van der Waals surface area contributed by atoms with Crippen LogP contribution in [0.1, 0.15) is 17.3 Å². The standard InChI is InChI=1S/C11H15N3O3/c1-2-17-11(16)7-4-3-5-8(10(7)13)14-6-9(12)15/h3-5,14H,2,6,13H2,1H3,(H2,12,15). The molecule has 0 unspecified atom stereocenters. The van der Waals surface area contributed by atoms with E-state index in [4.69, 9.17) is 16.2 Å². The molecule has 0 spiro atoms. The van der Waals surface area contributed by atoms with E-state index < -0.39 is 11.9 Å². The second-order valence-electron chi connectivity index (χ2n) is 3.31. The van der Waals surface area contributed by atoms with Crippen LogP contribution in [0, 0.1) is 0 Å². The Kier molecular flexibility index (Phi) is 4.33. The zero-order valence-electron chi connectivity index (χ0n) is 9.53. The summed E-state index contributed by atoms with van der Waals surface area (Å²) in [7, 11) is 0. The fourth-order valence-corrected chi connectivity index (χ4v) is 1.29. The lowest BCUT2D eigenvalue weighted by atomic mass is 10.1. The number of benzene rings is 1. The van der Waals surface area contributed by atoms with Gasteiger partial charge in [0.15, 0.2) is 0 Å². The lowest BCUT2D eigenvalue weighted by molar-refractivity contribution is -0.116. The van der Waals surface area contributed by atoms with Crippen molar-refractivity contribution in [1.29, 1.82) is 0 Å². The topological polar surface area (TPSA) is 107 Å². The van der Waals surface area contributed by atoms with Crippen molar-refractivity contribution in [2.24, 2.45) is 5.73 Å². The number of ether oxygens (including phenoxy) is 1. The van der Waals surface area contributed by atoms with Crippen molar-refractivity contribution in [3.63, 3.8) is 0 Å². The minimum atomic E-state index is -0.508. The van der Waals surface area contributed by atoms with Crippen LogP contribution in [0.15, 0.2) is 18.2 Å². The molecule has 6 nitrogen and oxygen atoms in total. The number of esters is 1. The second kappa shape index (κ2) is 5.74. The van der Waals surface area contributed by atoms with Crippen LogP contribution >= 0.6 is 0 Å². The number of hydrogen-bond acceptors (Lipinski definition) is 5. The molecule has 0 aromatic heterocycles. The van der Waals surface area contributed by atoms with Gasteiger partial charge in [0.05, 0.1) is 30.1 Å². The van der Waals surface area contributed by atoms with Gasteiger partial charge >= 0.3 is 5.97 Å². The Hall–Kier alpha value is -2.24. The fraction of sp³-hybridized carbons (Fsp3) is 0.273. The van der Waals surface area contributed by atoms with Crippen LogP contribution in [0.3, 0.4) is 0 Å². The zero-order valence-corrected chi connectivity index (χ0v) is 9.53. The highest BCUT2D eigenvalue weighted by molar-refractivity contribution is 5.98. The van der Waals surface area contributed by atoms with Crippen molar-refractivity contribution in [3.8, 4) is 0 Å². The van der Waals surface area contributed by atoms with Crippen molar-refractivity contribution in [2.45, 2.75) is 6.92 Å². The zero-order chi connectivity index (χ0) is 12.8. The van der Waals surface area contributed by atoms with Crippen molar-refractivity contribution >= 4 is 23.3 Å². The van der Waals surface area contributed by atoms with Gasteiger partial charge in [-0.05, 0) is 19.1 Å². The molecular weight excluding hydrogens is 222 g/mol. The first-order valence-corrected chi connectivity index (χ1v) is 5.14. The van der Waals surface area contributed by atoms with Gasteiger partial charge in [-0.25, -0.2) is 4.79 Å². The monoisotopic (exact) mass is 237 g/mol. The molecule has 0 bridgehead atoms. The van der Waals surface area contributed by atoms with Gasteiger partial charge in [-0.15, -0.1) is 0 Å². The van der Waals surface area contributed by atoms with E-state index in [1.807, 2.05) is 0 Å². The van der Waals surface area contributed by atoms with Gasteiger partial charge in [-0.2, -0.15) is 0 Å². The van der Waals surface area contributed by atoms with Crippen LogP contribution in [-0.4, -0.2) is 25.0 Å². The van der Waals surface area contributed by atoms with E-state index in [1.165, 1.54) is 0 Å². The molecule has 1 aromatic rings. The summed E-state index contributed by atoms with van der Waals surface area (Å²) in [6.45, 7) is 1.94. The molecule has 0 heterocycles. The van der Waals surface area contributed by atoms with Crippen molar-refractivity contribution in [1.82, 2.24) is 0 Å². The van der Waals surface area contributed by atoms with Crippen molar-refractivity contribution < 1.29 is 14.3 Å². The quantitative estimate of drug-likeness (QED) is 0.505. The highest BCUT2D eigenvalue weighted by Gasteiger charge is 2.13. The number of amides is 1. The summed E-state index contributed by atoms with van der Waals surface area (Å²) in [5.74, 6) is -1.00. The Labute approximate surface area is 98.9 Å². The minimum absolute atomic E-state index is 0.0452. The third kappa shape index (κ3) is 3.37. The van der Waals surface area contributed by atoms with E-state index in [0.717, 1.165) is 0 Å². The molecule has 0 aliphatic rings. The summed E-state index contributed by atoms with van der Waals surface area (Å²) in [5, 5.41) is 2.74. The summed E-state index contributed by atoms with van der Waals surface area (Å²) in [6.07, 6.45) is 0. The number of nitrogen functional groups attached to an aromatic ring is 1. The van der Waals surface area contributed by atoms with E-state index in [1.54, 1.807) is 25.1 Å². The number of nitrogens with one attached hydrogen (secondary N) is 1. The Morgan fingerprint density at radius 2 is 2.12 bits per heavy atom. The maximum Gasteiger partial charge on any atom is 0.340 e. The Morgan fingerprint density at radius 1 is 1.41 bits per heavy atom. The molecular formula is C11H15N3O3. The van der Waals surface area contributed by atoms with Gasteiger partial charge in [0.1, 0.15) is 0 Å². The number of nitrogens with two attached hydrogens (primary N) is 2. The molecule has 0 atom stereocenters. The van der Waals surface area contributed by atoms with E-state index in [-0.39, 0.29) is 24.4 Å². The first-order valence-electron chi connectivity index (χ1n) is 5.14. The van der Waals surface area contributed by atoms with Gasteiger partial charge in [-0.3, -0.25) is 4.79 Å². The van der Waals surface area contributed by atoms with Crippen LogP contribution in [-0.2, 0) is 9.53 Å². The predicted molar refractivity (Wildman–Crippen MR) is 64.5 cm³/mol. The predicted octanol–water partition coefficient (Wildman–Crippen LogP) is 0.343. The summed E-state index contributed by atoms with van der Waals surface area (Å²) in [5.41, 5.74) is 11.8. The Balaban J connectivity index is 2.90. The number of carbonyl (C=O) groups is 2. The number of carbonyl (C=O) groups excluding carboxylic acids is 2.